The lowest BCUT2D eigenvalue weighted by molar-refractivity contribution is -0.137. The SMILES string of the molecule is CCN(CC(=O)O)C(=O)N(C)Cc1cccc(OC)c1. The Morgan fingerprint density at radius 2 is 2.05 bits per heavy atom. The van der Waals surface area contributed by atoms with Crippen LogP contribution >= 0.6 is 0 Å². The van der Waals surface area contributed by atoms with Crippen molar-refractivity contribution in [3.63, 3.8) is 0 Å². The van der Waals surface area contributed by atoms with Crippen LogP contribution < -0.4 is 4.74 Å². The van der Waals surface area contributed by atoms with Crippen LogP contribution in [0, 0.1) is 0 Å². The number of amides is 2. The minimum absolute atomic E-state index is 0.294. The Hall–Kier alpha value is -2.24. The van der Waals surface area contributed by atoms with Crippen LogP contribution in [0.2, 0.25) is 0 Å². The monoisotopic (exact) mass is 280 g/mol. The molecule has 1 rings (SSSR count). The van der Waals surface area contributed by atoms with Crippen molar-refractivity contribution in [2.24, 2.45) is 0 Å². The molecule has 20 heavy (non-hydrogen) atoms. The van der Waals surface area contributed by atoms with Crippen molar-refractivity contribution in [3.05, 3.63) is 29.8 Å². The van der Waals surface area contributed by atoms with Crippen molar-refractivity contribution in [1.82, 2.24) is 9.80 Å². The number of carboxylic acids is 1. The van der Waals surface area contributed by atoms with Gasteiger partial charge in [-0.1, -0.05) is 12.1 Å². The van der Waals surface area contributed by atoms with E-state index in [1.165, 1.54) is 9.80 Å². The lowest BCUT2D eigenvalue weighted by Crippen LogP contribution is -2.43. The Labute approximate surface area is 118 Å². The van der Waals surface area contributed by atoms with Crippen LogP contribution in [0.1, 0.15) is 12.5 Å². The molecule has 0 radical (unpaired) electrons. The maximum absolute atomic E-state index is 12.1. The fourth-order valence-electron chi connectivity index (χ4n) is 1.83. The summed E-state index contributed by atoms with van der Waals surface area (Å²) in [4.78, 5) is 25.6. The van der Waals surface area contributed by atoms with Gasteiger partial charge in [0.15, 0.2) is 0 Å². The number of urea groups is 1. The predicted octanol–water partition coefficient (Wildman–Crippen LogP) is 1.65. The third kappa shape index (κ3) is 4.46. The number of carboxylic acid groups (broad SMARTS) is 1. The first-order valence-electron chi connectivity index (χ1n) is 6.32. The Bertz CT molecular complexity index is 476. The van der Waals surface area contributed by atoms with Crippen molar-refractivity contribution in [2.45, 2.75) is 13.5 Å². The van der Waals surface area contributed by atoms with Gasteiger partial charge in [-0.15, -0.1) is 0 Å². The molecule has 6 heteroatoms. The minimum Gasteiger partial charge on any atom is -0.497 e. The van der Waals surface area contributed by atoms with Crippen LogP contribution in [-0.4, -0.2) is 54.2 Å². The number of benzene rings is 1. The second-order valence-corrected chi connectivity index (χ2v) is 4.40. The van der Waals surface area contributed by atoms with Crippen molar-refractivity contribution < 1.29 is 19.4 Å². The lowest BCUT2D eigenvalue weighted by Gasteiger charge is -2.26. The number of nitrogens with zero attached hydrogens (tertiary/aromatic N) is 2. The van der Waals surface area contributed by atoms with Gasteiger partial charge in [0, 0.05) is 20.1 Å². The van der Waals surface area contributed by atoms with E-state index in [2.05, 4.69) is 0 Å². The van der Waals surface area contributed by atoms with Gasteiger partial charge < -0.3 is 19.6 Å². The van der Waals surface area contributed by atoms with E-state index in [1.807, 2.05) is 24.3 Å². The van der Waals surface area contributed by atoms with Gasteiger partial charge >= 0.3 is 12.0 Å². The highest BCUT2D eigenvalue weighted by molar-refractivity contribution is 5.80. The van der Waals surface area contributed by atoms with Crippen LogP contribution in [0.5, 0.6) is 5.75 Å². The molecule has 0 saturated carbocycles. The van der Waals surface area contributed by atoms with Crippen molar-refractivity contribution in [2.75, 3.05) is 27.2 Å². The predicted molar refractivity (Wildman–Crippen MR) is 74.7 cm³/mol. The molecule has 0 atom stereocenters. The summed E-state index contributed by atoms with van der Waals surface area (Å²) >= 11 is 0. The molecule has 1 aromatic carbocycles. The molecule has 1 N–H and O–H groups in total. The number of likely N-dealkylation sites (N-methyl/N-ethyl adjacent to an activating group) is 1. The van der Waals surface area contributed by atoms with Crippen LogP contribution in [0.3, 0.4) is 0 Å². The highest BCUT2D eigenvalue weighted by Gasteiger charge is 2.18. The second kappa shape index (κ2) is 7.37. The molecule has 110 valence electrons. The van der Waals surface area contributed by atoms with Gasteiger partial charge in [0.1, 0.15) is 12.3 Å². The van der Waals surface area contributed by atoms with Crippen LogP contribution in [0.15, 0.2) is 24.3 Å². The van der Waals surface area contributed by atoms with Crippen molar-refractivity contribution in [3.8, 4) is 5.75 Å². The number of aliphatic carboxylic acids is 1. The second-order valence-electron chi connectivity index (χ2n) is 4.40. The molecule has 1 aromatic rings. The molecule has 0 aliphatic rings. The molecule has 0 heterocycles. The van der Waals surface area contributed by atoms with E-state index in [-0.39, 0.29) is 12.6 Å². The highest BCUT2D eigenvalue weighted by atomic mass is 16.5. The summed E-state index contributed by atoms with van der Waals surface area (Å²) < 4.78 is 5.13. The first-order chi connectivity index (χ1) is 9.47. The topological polar surface area (TPSA) is 70.1 Å². The van der Waals surface area contributed by atoms with Gasteiger partial charge in [-0.05, 0) is 24.6 Å². The molecule has 0 aromatic heterocycles. The van der Waals surface area contributed by atoms with Crippen LogP contribution in [0.4, 0.5) is 4.79 Å². The first-order valence-corrected chi connectivity index (χ1v) is 6.32. The summed E-state index contributed by atoms with van der Waals surface area (Å²) in [6.07, 6.45) is 0. The van der Waals surface area contributed by atoms with Gasteiger partial charge in [0.05, 0.1) is 7.11 Å². The fourth-order valence-corrected chi connectivity index (χ4v) is 1.83. The maximum Gasteiger partial charge on any atom is 0.323 e. The average Bonchev–Trinajstić information content (AvgIpc) is 2.43. The standard InChI is InChI=1S/C14H20N2O4/c1-4-16(10-13(17)18)14(19)15(2)9-11-6-5-7-12(8-11)20-3/h5-8H,4,9-10H2,1-3H3,(H,17,18). The van der Waals surface area contributed by atoms with Gasteiger partial charge in [-0.3, -0.25) is 4.79 Å². The van der Waals surface area contributed by atoms with E-state index in [0.717, 1.165) is 11.3 Å². The summed E-state index contributed by atoms with van der Waals surface area (Å²) in [5.41, 5.74) is 0.923. The van der Waals surface area contributed by atoms with Gasteiger partial charge in [-0.2, -0.15) is 0 Å². The van der Waals surface area contributed by atoms with E-state index in [9.17, 15) is 9.59 Å². The van der Waals surface area contributed by atoms with Crippen LogP contribution in [-0.2, 0) is 11.3 Å². The quantitative estimate of drug-likeness (QED) is 0.860. The van der Waals surface area contributed by atoms with Crippen LogP contribution in [0.25, 0.3) is 0 Å². The third-order valence-electron chi connectivity index (χ3n) is 2.86. The fraction of sp³-hybridized carbons (Fsp3) is 0.429. The Balaban J connectivity index is 2.70. The summed E-state index contributed by atoms with van der Waals surface area (Å²) in [6, 6.07) is 7.10. The third-order valence-corrected chi connectivity index (χ3v) is 2.86. The van der Waals surface area contributed by atoms with Gasteiger partial charge in [0.25, 0.3) is 0 Å². The van der Waals surface area contributed by atoms with Crippen molar-refractivity contribution >= 4 is 12.0 Å². The molecular weight excluding hydrogens is 260 g/mol. The zero-order valence-corrected chi connectivity index (χ0v) is 12.0. The first kappa shape index (κ1) is 15.8. The van der Waals surface area contributed by atoms with E-state index >= 15 is 0 Å². The minimum atomic E-state index is -1.02. The molecule has 0 aliphatic heterocycles. The van der Waals surface area contributed by atoms with Crippen molar-refractivity contribution in [1.29, 1.82) is 0 Å². The lowest BCUT2D eigenvalue weighted by atomic mass is 10.2. The molecule has 0 saturated heterocycles. The molecule has 2 amide bonds. The number of hydrogen-bond donors (Lipinski definition) is 1. The maximum atomic E-state index is 12.1. The van der Waals surface area contributed by atoms with E-state index in [0.29, 0.717) is 13.1 Å². The highest BCUT2D eigenvalue weighted by Crippen LogP contribution is 2.14. The summed E-state index contributed by atoms with van der Waals surface area (Å²) in [7, 11) is 3.23. The van der Waals surface area contributed by atoms with Gasteiger partial charge in [0.2, 0.25) is 0 Å². The molecule has 0 bridgehead atoms. The molecule has 0 unspecified atom stereocenters. The zero-order valence-electron chi connectivity index (χ0n) is 12.0. The largest absolute Gasteiger partial charge is 0.497 e. The van der Waals surface area contributed by atoms with E-state index in [1.54, 1.807) is 21.1 Å². The Kier molecular flexibility index (Phi) is 5.83. The van der Waals surface area contributed by atoms with E-state index in [4.69, 9.17) is 9.84 Å². The molecular formula is C14H20N2O4. The zero-order chi connectivity index (χ0) is 15.1. The molecule has 0 spiro atoms. The normalized spacial score (nSPS) is 9.95. The Morgan fingerprint density at radius 1 is 1.35 bits per heavy atom. The van der Waals surface area contributed by atoms with E-state index < -0.39 is 5.97 Å². The van der Waals surface area contributed by atoms with Gasteiger partial charge in [-0.25, -0.2) is 4.79 Å². The molecule has 0 fully saturated rings. The molecule has 6 nitrogen and oxygen atoms in total. The number of methoxy groups -OCH3 is 1. The Morgan fingerprint density at radius 3 is 2.60 bits per heavy atom. The molecule has 0 aliphatic carbocycles. The number of rotatable bonds is 6. The number of carbonyl (C=O) groups is 2. The smallest absolute Gasteiger partial charge is 0.323 e. The number of hydrogen-bond acceptors (Lipinski definition) is 3. The average molecular weight is 280 g/mol. The summed E-state index contributed by atoms with van der Waals surface area (Å²) in [5.74, 6) is -0.295. The number of carbonyl (C=O) groups excluding carboxylic acids is 1. The summed E-state index contributed by atoms with van der Waals surface area (Å²) in [5, 5.41) is 8.77. The summed E-state index contributed by atoms with van der Waals surface area (Å²) in [6.45, 7) is 2.21. The number of ether oxygens (including phenoxy) is 1.